The van der Waals surface area contributed by atoms with Gasteiger partial charge in [-0.05, 0) is 103 Å². The van der Waals surface area contributed by atoms with Crippen molar-refractivity contribution in [2.24, 2.45) is 0 Å². The molecule has 1 heteroatoms. The summed E-state index contributed by atoms with van der Waals surface area (Å²) in [5.41, 5.74) is 15.3. The molecule has 54 heavy (non-hydrogen) atoms. The molecule has 0 saturated carbocycles. The molecule has 1 unspecified atom stereocenters. The highest BCUT2D eigenvalue weighted by atomic mass is 15.1. The van der Waals surface area contributed by atoms with Gasteiger partial charge < -0.3 is 4.90 Å². The first-order valence-electron chi connectivity index (χ1n) is 18.7. The molecule has 0 bridgehead atoms. The number of nitrogens with zero attached hydrogens (tertiary/aromatic N) is 1. The van der Waals surface area contributed by atoms with Gasteiger partial charge in [-0.25, -0.2) is 0 Å². The summed E-state index contributed by atoms with van der Waals surface area (Å²) in [5, 5.41) is 2.59. The summed E-state index contributed by atoms with van der Waals surface area (Å²) in [6.07, 6.45) is 0. The van der Waals surface area contributed by atoms with Crippen molar-refractivity contribution in [2.75, 3.05) is 4.90 Å². The molecule has 1 atom stereocenters. The van der Waals surface area contributed by atoms with E-state index in [4.69, 9.17) is 0 Å². The second-order valence-corrected chi connectivity index (χ2v) is 14.1. The first-order chi connectivity index (χ1) is 26.8. The lowest BCUT2D eigenvalue weighted by molar-refractivity contribution is 0.750. The minimum absolute atomic E-state index is 0.510. The zero-order valence-corrected chi connectivity index (χ0v) is 29.8. The molecule has 10 rings (SSSR count). The fraction of sp³-hybridized carbons (Fsp3) is 0.0189. The Morgan fingerprint density at radius 1 is 0.278 bits per heavy atom. The molecule has 1 aliphatic rings. The number of benzene rings is 9. The number of hydrogen-bond acceptors (Lipinski definition) is 1. The number of fused-ring (bicyclic) bond motifs is 2. The van der Waals surface area contributed by atoms with E-state index < -0.39 is 5.41 Å². The predicted octanol–water partition coefficient (Wildman–Crippen LogP) is 14.0. The molecule has 0 amide bonds. The van der Waals surface area contributed by atoms with Gasteiger partial charge in [0.2, 0.25) is 0 Å². The van der Waals surface area contributed by atoms with Crippen LogP contribution in [0.15, 0.2) is 224 Å². The van der Waals surface area contributed by atoms with Crippen LogP contribution < -0.4 is 4.90 Å². The third kappa shape index (κ3) is 5.17. The lowest BCUT2D eigenvalue weighted by Gasteiger charge is -2.42. The Hall–Kier alpha value is -6.96. The van der Waals surface area contributed by atoms with Crippen molar-refractivity contribution in [3.8, 4) is 33.4 Å². The minimum Gasteiger partial charge on any atom is -0.311 e. The SMILES string of the molecule is c1ccc(-c2ccc(N(c3ccc(-c4ccccc4)cc3)c3ccc(C4(c5ccccc5)c5ccccc5-c5cccc6cccc4c56)cc3)cc2)cc1. The summed E-state index contributed by atoms with van der Waals surface area (Å²) in [6.45, 7) is 0. The van der Waals surface area contributed by atoms with Crippen LogP contribution in [0.1, 0.15) is 22.3 Å². The zero-order valence-electron chi connectivity index (χ0n) is 29.8. The van der Waals surface area contributed by atoms with Crippen LogP contribution in [0, 0.1) is 0 Å². The summed E-state index contributed by atoms with van der Waals surface area (Å²) in [5.74, 6) is 0. The van der Waals surface area contributed by atoms with Crippen LogP contribution in [0.5, 0.6) is 0 Å². The van der Waals surface area contributed by atoms with E-state index in [9.17, 15) is 0 Å². The molecule has 254 valence electrons. The predicted molar refractivity (Wildman–Crippen MR) is 227 cm³/mol. The third-order valence-electron chi connectivity index (χ3n) is 11.2. The highest BCUT2D eigenvalue weighted by Crippen LogP contribution is 2.55. The summed E-state index contributed by atoms with van der Waals surface area (Å²) >= 11 is 0. The van der Waals surface area contributed by atoms with Crippen LogP contribution in [0.2, 0.25) is 0 Å². The molecule has 0 N–H and O–H groups in total. The molecule has 9 aromatic rings. The van der Waals surface area contributed by atoms with E-state index in [-0.39, 0.29) is 0 Å². The van der Waals surface area contributed by atoms with Gasteiger partial charge in [0.1, 0.15) is 0 Å². The number of anilines is 3. The van der Waals surface area contributed by atoms with Crippen LogP contribution in [-0.4, -0.2) is 0 Å². The van der Waals surface area contributed by atoms with Crippen LogP contribution in [-0.2, 0) is 5.41 Å². The van der Waals surface area contributed by atoms with Crippen molar-refractivity contribution in [1.29, 1.82) is 0 Å². The van der Waals surface area contributed by atoms with Gasteiger partial charge in [0.25, 0.3) is 0 Å². The Morgan fingerprint density at radius 2 is 0.685 bits per heavy atom. The van der Waals surface area contributed by atoms with Crippen molar-refractivity contribution in [2.45, 2.75) is 5.41 Å². The average molecular weight is 688 g/mol. The zero-order chi connectivity index (χ0) is 35.9. The second-order valence-electron chi connectivity index (χ2n) is 14.1. The summed E-state index contributed by atoms with van der Waals surface area (Å²) < 4.78 is 0. The first-order valence-corrected chi connectivity index (χ1v) is 18.7. The first kappa shape index (κ1) is 31.7. The fourth-order valence-corrected chi connectivity index (χ4v) is 8.72. The quantitative estimate of drug-likeness (QED) is 0.161. The highest BCUT2D eigenvalue weighted by Gasteiger charge is 2.44. The molecule has 9 aromatic carbocycles. The summed E-state index contributed by atoms with van der Waals surface area (Å²) in [7, 11) is 0. The molecular formula is C53H37N. The molecule has 1 aliphatic carbocycles. The molecule has 0 fully saturated rings. The van der Waals surface area contributed by atoms with Gasteiger partial charge in [-0.15, -0.1) is 0 Å². The van der Waals surface area contributed by atoms with E-state index in [0.717, 1.165) is 17.1 Å². The van der Waals surface area contributed by atoms with Crippen LogP contribution in [0.25, 0.3) is 44.2 Å². The topological polar surface area (TPSA) is 3.24 Å². The molecular weight excluding hydrogens is 651 g/mol. The van der Waals surface area contributed by atoms with Crippen molar-refractivity contribution in [3.05, 3.63) is 247 Å². The van der Waals surface area contributed by atoms with Gasteiger partial charge in [-0.3, -0.25) is 0 Å². The minimum atomic E-state index is -0.510. The van der Waals surface area contributed by atoms with Crippen LogP contribution in [0.4, 0.5) is 17.1 Å². The largest absolute Gasteiger partial charge is 0.311 e. The average Bonchev–Trinajstić information content (AvgIpc) is 3.26. The highest BCUT2D eigenvalue weighted by molar-refractivity contribution is 6.05. The standard InChI is InChI=1S/C53H37N/c1-4-14-38(15-5-1)40-26-32-45(33-27-40)54(46-34-28-41(29-35-46)39-16-6-2-7-17-39)47-36-30-44(31-37-47)53(43-20-8-3-9-21-43)50-24-11-10-22-48(50)49-23-12-18-42-19-13-25-51(53)52(42)49/h1-37H. The van der Waals surface area contributed by atoms with Gasteiger partial charge in [-0.1, -0.05) is 188 Å². The number of rotatable bonds is 7. The Balaban J connectivity index is 1.15. The van der Waals surface area contributed by atoms with Crippen LogP contribution in [0.3, 0.4) is 0 Å². The van der Waals surface area contributed by atoms with Crippen molar-refractivity contribution in [1.82, 2.24) is 0 Å². The third-order valence-corrected chi connectivity index (χ3v) is 11.2. The smallest absolute Gasteiger partial charge is 0.0713 e. The molecule has 0 saturated heterocycles. The van der Waals surface area contributed by atoms with Crippen molar-refractivity contribution < 1.29 is 0 Å². The molecule has 0 heterocycles. The maximum atomic E-state index is 2.37. The Labute approximate surface area is 317 Å². The fourth-order valence-electron chi connectivity index (χ4n) is 8.72. The van der Waals surface area contributed by atoms with Gasteiger partial charge in [0.15, 0.2) is 0 Å². The van der Waals surface area contributed by atoms with E-state index >= 15 is 0 Å². The lowest BCUT2D eigenvalue weighted by atomic mass is 9.59. The Morgan fingerprint density at radius 3 is 1.26 bits per heavy atom. The monoisotopic (exact) mass is 687 g/mol. The number of hydrogen-bond donors (Lipinski definition) is 0. The second kappa shape index (κ2) is 13.2. The molecule has 1 nitrogen and oxygen atoms in total. The van der Waals surface area contributed by atoms with Crippen LogP contribution >= 0.6 is 0 Å². The normalized spacial score (nSPS) is 14.4. The van der Waals surface area contributed by atoms with E-state index in [1.807, 2.05) is 0 Å². The molecule has 0 radical (unpaired) electrons. The maximum absolute atomic E-state index is 2.37. The van der Waals surface area contributed by atoms with Gasteiger partial charge in [0.05, 0.1) is 5.41 Å². The van der Waals surface area contributed by atoms with E-state index in [2.05, 4.69) is 229 Å². The van der Waals surface area contributed by atoms with Crippen molar-refractivity contribution >= 4 is 27.8 Å². The van der Waals surface area contributed by atoms with Gasteiger partial charge in [0, 0.05) is 17.1 Å². The van der Waals surface area contributed by atoms with E-state index in [1.54, 1.807) is 0 Å². The Kier molecular flexibility index (Phi) is 7.78. The lowest BCUT2D eigenvalue weighted by Crippen LogP contribution is -2.33. The van der Waals surface area contributed by atoms with E-state index in [0.29, 0.717) is 0 Å². The summed E-state index contributed by atoms with van der Waals surface area (Å²) in [6, 6.07) is 82.0. The van der Waals surface area contributed by atoms with Gasteiger partial charge >= 0.3 is 0 Å². The van der Waals surface area contributed by atoms with E-state index in [1.165, 1.54) is 66.4 Å². The summed E-state index contributed by atoms with van der Waals surface area (Å²) in [4.78, 5) is 2.37. The molecule has 0 aromatic heterocycles. The maximum Gasteiger partial charge on any atom is 0.0713 e. The Bertz CT molecular complexity index is 2630. The van der Waals surface area contributed by atoms with Crippen molar-refractivity contribution in [3.63, 3.8) is 0 Å². The molecule has 0 aliphatic heterocycles. The van der Waals surface area contributed by atoms with Gasteiger partial charge in [-0.2, -0.15) is 0 Å². The molecule has 0 spiro atoms.